The van der Waals surface area contributed by atoms with Crippen molar-refractivity contribution in [1.29, 1.82) is 0 Å². The third-order valence-electron chi connectivity index (χ3n) is 3.32. The van der Waals surface area contributed by atoms with E-state index in [2.05, 4.69) is 22.4 Å². The Morgan fingerprint density at radius 3 is 2.74 bits per heavy atom. The van der Waals surface area contributed by atoms with Crippen LogP contribution in [0.15, 0.2) is 48.7 Å². The molecule has 1 aromatic carbocycles. The Kier molecular flexibility index (Phi) is 2.87. The van der Waals surface area contributed by atoms with Crippen LogP contribution in [-0.2, 0) is 0 Å². The molecule has 3 rings (SSSR count). The zero-order valence-corrected chi connectivity index (χ0v) is 10.2. The van der Waals surface area contributed by atoms with E-state index in [1.807, 2.05) is 18.2 Å². The first kappa shape index (κ1) is 11.6. The van der Waals surface area contributed by atoms with Crippen LogP contribution in [0.1, 0.15) is 17.9 Å². The summed E-state index contributed by atoms with van der Waals surface area (Å²) in [5.41, 5.74) is 1.77. The smallest absolute Gasteiger partial charge is 0.375 e. The Bertz CT molecular complexity index is 601. The van der Waals surface area contributed by atoms with E-state index in [1.54, 1.807) is 12.1 Å². The minimum absolute atomic E-state index is 0.110. The molecular weight excluding hydrogens is 242 g/mol. The van der Waals surface area contributed by atoms with Crippen LogP contribution in [0.2, 0.25) is 0 Å². The molecule has 1 N–H and O–H groups in total. The number of rotatable bonds is 4. The molecule has 0 aliphatic heterocycles. The van der Waals surface area contributed by atoms with Gasteiger partial charge in [0.15, 0.2) is 0 Å². The number of benzene rings is 1. The van der Waals surface area contributed by atoms with Crippen LogP contribution in [0, 0.1) is 10.1 Å². The van der Waals surface area contributed by atoms with Gasteiger partial charge in [0.1, 0.15) is 11.9 Å². The van der Waals surface area contributed by atoms with E-state index in [0.29, 0.717) is 11.6 Å². The number of anilines is 1. The van der Waals surface area contributed by atoms with Gasteiger partial charge in [0, 0.05) is 12.0 Å². The minimum Gasteiger partial charge on any atom is -0.375 e. The van der Waals surface area contributed by atoms with E-state index >= 15 is 0 Å². The van der Waals surface area contributed by atoms with Gasteiger partial charge in [0.2, 0.25) is 0 Å². The van der Waals surface area contributed by atoms with E-state index < -0.39 is 4.92 Å². The van der Waals surface area contributed by atoms with Crippen molar-refractivity contribution in [2.24, 2.45) is 0 Å². The molecule has 0 radical (unpaired) electrons. The van der Waals surface area contributed by atoms with Crippen LogP contribution in [0.3, 0.4) is 0 Å². The highest BCUT2D eigenvalue weighted by Crippen LogP contribution is 2.43. The van der Waals surface area contributed by atoms with Gasteiger partial charge in [-0.05, 0) is 34.0 Å². The zero-order chi connectivity index (χ0) is 13.2. The molecule has 0 saturated heterocycles. The molecule has 2 atom stereocenters. The summed E-state index contributed by atoms with van der Waals surface area (Å²) < 4.78 is 0. The Balaban J connectivity index is 1.73. The number of nitro groups is 1. The summed E-state index contributed by atoms with van der Waals surface area (Å²) in [6, 6.07) is 13.8. The van der Waals surface area contributed by atoms with Gasteiger partial charge >= 0.3 is 5.82 Å². The van der Waals surface area contributed by atoms with Gasteiger partial charge < -0.3 is 15.4 Å². The average molecular weight is 255 g/mol. The molecule has 0 spiro atoms. The van der Waals surface area contributed by atoms with Crippen LogP contribution in [0.5, 0.6) is 0 Å². The third-order valence-corrected chi connectivity index (χ3v) is 3.32. The molecule has 1 fully saturated rings. The fraction of sp³-hybridized carbons (Fsp3) is 0.214. The van der Waals surface area contributed by atoms with Crippen molar-refractivity contribution in [3.05, 3.63) is 64.3 Å². The highest BCUT2D eigenvalue weighted by molar-refractivity contribution is 5.58. The van der Waals surface area contributed by atoms with Crippen molar-refractivity contribution in [1.82, 2.24) is 4.98 Å². The summed E-state index contributed by atoms with van der Waals surface area (Å²) in [5.74, 6) is 0.322. The van der Waals surface area contributed by atoms with E-state index in [4.69, 9.17) is 0 Å². The fourth-order valence-electron chi connectivity index (χ4n) is 2.28. The highest BCUT2D eigenvalue weighted by Gasteiger charge is 2.39. The summed E-state index contributed by atoms with van der Waals surface area (Å²) in [5, 5.41) is 14.1. The minimum atomic E-state index is -0.456. The monoisotopic (exact) mass is 255 g/mol. The standard InChI is InChI=1S/C14H13N3O2/c18-17(19)14-12(7-4-8-15-14)16-13-9-11(13)10-5-2-1-3-6-10/h1-8,11,13,16H,9H2. The van der Waals surface area contributed by atoms with Gasteiger partial charge in [-0.1, -0.05) is 30.3 Å². The maximum Gasteiger partial charge on any atom is 0.386 e. The Labute approximate surface area is 110 Å². The molecule has 19 heavy (non-hydrogen) atoms. The van der Waals surface area contributed by atoms with Crippen molar-refractivity contribution in [2.75, 3.05) is 5.32 Å². The fourth-order valence-corrected chi connectivity index (χ4v) is 2.28. The van der Waals surface area contributed by atoms with Gasteiger partial charge in [0.05, 0.1) is 0 Å². The van der Waals surface area contributed by atoms with Gasteiger partial charge in [-0.2, -0.15) is 0 Å². The second-order valence-corrected chi connectivity index (χ2v) is 4.64. The second-order valence-electron chi connectivity index (χ2n) is 4.64. The zero-order valence-electron chi connectivity index (χ0n) is 10.2. The van der Waals surface area contributed by atoms with E-state index in [-0.39, 0.29) is 11.9 Å². The summed E-state index contributed by atoms with van der Waals surface area (Å²) >= 11 is 0. The molecule has 1 aromatic heterocycles. The van der Waals surface area contributed by atoms with Crippen molar-refractivity contribution < 1.29 is 4.92 Å². The van der Waals surface area contributed by atoms with Crippen LogP contribution >= 0.6 is 0 Å². The summed E-state index contributed by atoms with van der Waals surface area (Å²) in [4.78, 5) is 14.2. The molecule has 0 amide bonds. The van der Waals surface area contributed by atoms with Crippen molar-refractivity contribution in [3.8, 4) is 0 Å². The Morgan fingerprint density at radius 2 is 2.00 bits per heavy atom. The molecule has 1 aliphatic rings. The van der Waals surface area contributed by atoms with Crippen molar-refractivity contribution in [3.63, 3.8) is 0 Å². The average Bonchev–Trinajstić information content (AvgIpc) is 3.19. The van der Waals surface area contributed by atoms with E-state index in [1.165, 1.54) is 11.8 Å². The number of nitrogens with zero attached hydrogens (tertiary/aromatic N) is 2. The Hall–Kier alpha value is -2.43. The molecule has 5 nitrogen and oxygen atoms in total. The number of hydrogen-bond donors (Lipinski definition) is 1. The number of aromatic nitrogens is 1. The molecule has 96 valence electrons. The first-order valence-electron chi connectivity index (χ1n) is 6.16. The van der Waals surface area contributed by atoms with Gasteiger partial charge in [-0.3, -0.25) is 0 Å². The number of pyridine rings is 1. The molecule has 0 bridgehead atoms. The lowest BCUT2D eigenvalue weighted by atomic mass is 10.1. The summed E-state index contributed by atoms with van der Waals surface area (Å²) in [6.45, 7) is 0. The third kappa shape index (κ3) is 2.40. The largest absolute Gasteiger partial charge is 0.386 e. The van der Waals surface area contributed by atoms with Crippen LogP contribution in [-0.4, -0.2) is 15.9 Å². The predicted octanol–water partition coefficient (Wildman–Crippen LogP) is 2.96. The van der Waals surface area contributed by atoms with Crippen LogP contribution in [0.25, 0.3) is 0 Å². The second kappa shape index (κ2) is 4.68. The van der Waals surface area contributed by atoms with Crippen molar-refractivity contribution >= 4 is 11.5 Å². The topological polar surface area (TPSA) is 68.1 Å². The number of nitrogens with one attached hydrogen (secondary N) is 1. The molecule has 2 unspecified atom stereocenters. The van der Waals surface area contributed by atoms with Crippen molar-refractivity contribution in [2.45, 2.75) is 18.4 Å². The summed E-state index contributed by atoms with van der Waals surface area (Å²) in [7, 11) is 0. The van der Waals surface area contributed by atoms with Gasteiger partial charge in [-0.25, -0.2) is 0 Å². The molecule has 2 aromatic rings. The normalized spacial score (nSPS) is 20.8. The highest BCUT2D eigenvalue weighted by atomic mass is 16.6. The summed E-state index contributed by atoms with van der Waals surface area (Å²) in [6.07, 6.45) is 2.43. The quantitative estimate of drug-likeness (QED) is 0.673. The lowest BCUT2D eigenvalue weighted by Crippen LogP contribution is -2.07. The molecule has 1 aliphatic carbocycles. The Morgan fingerprint density at radius 1 is 1.21 bits per heavy atom. The van der Waals surface area contributed by atoms with E-state index in [9.17, 15) is 10.1 Å². The molecule has 1 saturated carbocycles. The van der Waals surface area contributed by atoms with Crippen LogP contribution in [0.4, 0.5) is 11.5 Å². The lowest BCUT2D eigenvalue weighted by molar-refractivity contribution is -0.388. The van der Waals surface area contributed by atoms with Crippen LogP contribution < -0.4 is 5.32 Å². The maximum absolute atomic E-state index is 10.9. The van der Waals surface area contributed by atoms with Gasteiger partial charge in [0.25, 0.3) is 0 Å². The van der Waals surface area contributed by atoms with Gasteiger partial charge in [-0.15, -0.1) is 0 Å². The molecule has 5 heteroatoms. The number of hydrogen-bond acceptors (Lipinski definition) is 4. The predicted molar refractivity (Wildman–Crippen MR) is 72.1 cm³/mol. The molecular formula is C14H13N3O2. The SMILES string of the molecule is O=[N+]([O-])c1ncccc1NC1CC1c1ccccc1. The lowest BCUT2D eigenvalue weighted by Gasteiger charge is -2.06. The van der Waals surface area contributed by atoms with E-state index in [0.717, 1.165) is 6.42 Å². The first-order valence-corrected chi connectivity index (χ1v) is 6.16. The molecule has 1 heterocycles. The first-order chi connectivity index (χ1) is 9.25. The maximum atomic E-state index is 10.9.